The van der Waals surface area contributed by atoms with E-state index in [-0.39, 0.29) is 34.6 Å². The van der Waals surface area contributed by atoms with E-state index in [1.54, 1.807) is 0 Å². The van der Waals surface area contributed by atoms with E-state index in [9.17, 15) is 18.0 Å². The van der Waals surface area contributed by atoms with E-state index in [0.29, 0.717) is 0 Å². The first kappa shape index (κ1) is 30.5. The monoisotopic (exact) mass is 589 g/mol. The maximum atomic E-state index is 14.0. The van der Waals surface area contributed by atoms with Crippen molar-refractivity contribution < 1.29 is 18.0 Å². The van der Waals surface area contributed by atoms with Crippen LogP contribution < -0.4 is 9.62 Å². The quantitative estimate of drug-likeness (QED) is 0.347. The fraction of sp³-hybridized carbons (Fsp3) is 0.310. The van der Waals surface area contributed by atoms with Crippen LogP contribution in [0.15, 0.2) is 78.9 Å². The van der Waals surface area contributed by atoms with Crippen molar-refractivity contribution in [2.45, 2.75) is 45.3 Å². The van der Waals surface area contributed by atoms with Gasteiger partial charge in [-0.05, 0) is 50.1 Å². The minimum atomic E-state index is -3.92. The lowest BCUT2D eigenvalue weighted by atomic mass is 10.0. The summed E-state index contributed by atoms with van der Waals surface area (Å²) in [6.07, 6.45) is 1.24. The Hall–Kier alpha value is -3.07. The first-order valence-electron chi connectivity index (χ1n) is 12.4. The van der Waals surface area contributed by atoms with Crippen LogP contribution in [0.25, 0.3) is 0 Å². The molecule has 3 aromatic carbocycles. The van der Waals surface area contributed by atoms with Crippen molar-refractivity contribution in [3.63, 3.8) is 0 Å². The van der Waals surface area contributed by atoms with Gasteiger partial charge in [0.05, 0.1) is 11.9 Å². The molecule has 0 saturated heterocycles. The zero-order valence-corrected chi connectivity index (χ0v) is 24.7. The smallest absolute Gasteiger partial charge is 0.244 e. The van der Waals surface area contributed by atoms with Crippen molar-refractivity contribution in [1.29, 1.82) is 0 Å². The fourth-order valence-electron chi connectivity index (χ4n) is 4.08. The number of anilines is 1. The van der Waals surface area contributed by atoms with Crippen LogP contribution in [-0.4, -0.2) is 49.5 Å². The third-order valence-corrected chi connectivity index (χ3v) is 7.36. The molecule has 0 spiro atoms. The molecule has 208 valence electrons. The van der Waals surface area contributed by atoms with Gasteiger partial charge < -0.3 is 10.2 Å². The predicted octanol–water partition coefficient (Wildman–Crippen LogP) is 5.31. The molecule has 0 heterocycles. The highest BCUT2D eigenvalue weighted by Crippen LogP contribution is 2.27. The van der Waals surface area contributed by atoms with Gasteiger partial charge in [0.25, 0.3) is 0 Å². The molecule has 1 atom stereocenters. The number of halogens is 2. The van der Waals surface area contributed by atoms with Gasteiger partial charge in [-0.2, -0.15) is 0 Å². The van der Waals surface area contributed by atoms with Gasteiger partial charge in [0.1, 0.15) is 12.6 Å². The molecule has 2 amide bonds. The topological polar surface area (TPSA) is 86.8 Å². The summed E-state index contributed by atoms with van der Waals surface area (Å²) in [5, 5.41) is 3.45. The normalized spacial score (nSPS) is 12.5. The number of nitrogens with one attached hydrogen (secondary N) is 1. The maximum Gasteiger partial charge on any atom is 0.244 e. The summed E-state index contributed by atoms with van der Waals surface area (Å²) in [7, 11) is -3.92. The van der Waals surface area contributed by atoms with E-state index >= 15 is 0 Å². The minimum Gasteiger partial charge on any atom is -0.350 e. The lowest BCUT2D eigenvalue weighted by Gasteiger charge is -2.35. The van der Waals surface area contributed by atoms with E-state index in [1.165, 1.54) is 23.1 Å². The molecule has 39 heavy (non-hydrogen) atoms. The van der Waals surface area contributed by atoms with Gasteiger partial charge in [-0.15, -0.1) is 0 Å². The van der Waals surface area contributed by atoms with Crippen molar-refractivity contribution >= 4 is 50.7 Å². The van der Waals surface area contributed by atoms with Gasteiger partial charge in [0.2, 0.25) is 21.8 Å². The fourth-order valence-corrected chi connectivity index (χ4v) is 5.43. The summed E-state index contributed by atoms with van der Waals surface area (Å²) in [6, 6.07) is 22.1. The largest absolute Gasteiger partial charge is 0.350 e. The van der Waals surface area contributed by atoms with E-state index in [2.05, 4.69) is 5.32 Å². The third-order valence-electron chi connectivity index (χ3n) is 5.78. The van der Waals surface area contributed by atoms with Crippen molar-refractivity contribution in [2.24, 2.45) is 0 Å². The number of amides is 2. The molecule has 0 saturated carbocycles. The average molecular weight is 591 g/mol. The molecular formula is C29H33Cl2N3O4S. The Balaban J connectivity index is 2.07. The Bertz CT molecular complexity index is 1370. The van der Waals surface area contributed by atoms with Gasteiger partial charge in [-0.1, -0.05) is 83.9 Å². The van der Waals surface area contributed by atoms with Crippen LogP contribution in [0.1, 0.15) is 31.9 Å². The number of rotatable bonds is 10. The molecule has 1 N–H and O–H groups in total. The number of sulfonamides is 1. The molecule has 0 aliphatic carbocycles. The highest BCUT2D eigenvalue weighted by atomic mass is 35.5. The minimum absolute atomic E-state index is 0.0998. The lowest BCUT2D eigenvalue weighted by Crippen LogP contribution is -2.56. The Morgan fingerprint density at radius 2 is 1.38 bits per heavy atom. The Morgan fingerprint density at radius 1 is 0.872 bits per heavy atom. The number of carbonyl (C=O) groups excluding carboxylic acids is 2. The summed E-state index contributed by atoms with van der Waals surface area (Å²) in [5.41, 5.74) is 1.26. The van der Waals surface area contributed by atoms with Crippen molar-refractivity contribution in [1.82, 2.24) is 10.2 Å². The molecule has 0 radical (unpaired) electrons. The third kappa shape index (κ3) is 9.27. The number of hydrogen-bond acceptors (Lipinski definition) is 4. The Labute approximate surface area is 240 Å². The summed E-state index contributed by atoms with van der Waals surface area (Å²) in [4.78, 5) is 29.1. The highest BCUT2D eigenvalue weighted by molar-refractivity contribution is 7.92. The molecule has 0 aliphatic rings. The maximum absolute atomic E-state index is 14.0. The van der Waals surface area contributed by atoms with Crippen molar-refractivity contribution in [3.8, 4) is 0 Å². The first-order chi connectivity index (χ1) is 18.2. The van der Waals surface area contributed by atoms with E-state index < -0.39 is 34.1 Å². The number of nitrogens with zero attached hydrogens (tertiary/aromatic N) is 2. The van der Waals surface area contributed by atoms with E-state index in [1.807, 2.05) is 81.4 Å². The van der Waals surface area contributed by atoms with Gasteiger partial charge >= 0.3 is 0 Å². The molecule has 3 aromatic rings. The van der Waals surface area contributed by atoms with Crippen LogP contribution >= 0.6 is 23.2 Å². The lowest BCUT2D eigenvalue weighted by molar-refractivity contribution is -0.140. The molecular weight excluding hydrogens is 557 g/mol. The van der Waals surface area contributed by atoms with Crippen molar-refractivity contribution in [3.05, 3.63) is 100 Å². The zero-order chi connectivity index (χ0) is 28.8. The molecule has 0 unspecified atom stereocenters. The van der Waals surface area contributed by atoms with E-state index in [4.69, 9.17) is 23.2 Å². The standard InChI is InChI=1S/C29H33Cl2N3O4S/c1-29(2,3)32-28(36)26(15-21-11-7-5-8-12-21)33(19-22-13-9-6-10-14-22)27(35)20-34(39(4,37)38)25-17-23(30)16-24(31)18-25/h5-14,16-18,26H,15,19-20H2,1-4H3,(H,32,36)/t26-/m0/s1. The van der Waals surface area contributed by atoms with Crippen LogP contribution in [0.5, 0.6) is 0 Å². The Kier molecular flexibility index (Phi) is 10.0. The number of carbonyl (C=O) groups is 2. The number of hydrogen-bond donors (Lipinski definition) is 1. The van der Waals surface area contributed by atoms with Gasteiger partial charge in [0.15, 0.2) is 0 Å². The molecule has 0 bridgehead atoms. The van der Waals surface area contributed by atoms with Gasteiger partial charge in [0, 0.05) is 28.5 Å². The molecule has 7 nitrogen and oxygen atoms in total. The zero-order valence-electron chi connectivity index (χ0n) is 22.4. The molecule has 0 fully saturated rings. The number of benzene rings is 3. The second-order valence-electron chi connectivity index (χ2n) is 10.3. The van der Waals surface area contributed by atoms with Crippen LogP contribution in [0, 0.1) is 0 Å². The van der Waals surface area contributed by atoms with Crippen LogP contribution in [0.4, 0.5) is 5.69 Å². The van der Waals surface area contributed by atoms with Gasteiger partial charge in [-0.25, -0.2) is 8.42 Å². The molecule has 3 rings (SSSR count). The predicted molar refractivity (Wildman–Crippen MR) is 157 cm³/mol. The van der Waals surface area contributed by atoms with Crippen LogP contribution in [0.3, 0.4) is 0 Å². The van der Waals surface area contributed by atoms with Crippen molar-refractivity contribution in [2.75, 3.05) is 17.1 Å². The summed E-state index contributed by atoms with van der Waals surface area (Å²) >= 11 is 12.3. The molecule has 0 aliphatic heterocycles. The first-order valence-corrected chi connectivity index (χ1v) is 15.0. The van der Waals surface area contributed by atoms with E-state index in [0.717, 1.165) is 21.7 Å². The van der Waals surface area contributed by atoms with Gasteiger partial charge in [-0.3, -0.25) is 13.9 Å². The average Bonchev–Trinajstić information content (AvgIpc) is 2.83. The summed E-state index contributed by atoms with van der Waals surface area (Å²) < 4.78 is 26.6. The second kappa shape index (κ2) is 12.9. The molecule has 0 aromatic heterocycles. The summed E-state index contributed by atoms with van der Waals surface area (Å²) in [5.74, 6) is -0.891. The van der Waals surface area contributed by atoms with Crippen LogP contribution in [0.2, 0.25) is 10.0 Å². The highest BCUT2D eigenvalue weighted by Gasteiger charge is 2.34. The second-order valence-corrected chi connectivity index (χ2v) is 13.1. The molecule has 10 heteroatoms. The Morgan fingerprint density at radius 3 is 1.87 bits per heavy atom. The summed E-state index contributed by atoms with van der Waals surface area (Å²) in [6.45, 7) is 5.14. The SMILES string of the molecule is CC(C)(C)NC(=O)[C@H](Cc1ccccc1)N(Cc1ccccc1)C(=O)CN(c1cc(Cl)cc(Cl)c1)S(C)(=O)=O. The van der Waals surface area contributed by atoms with Crippen LogP contribution in [-0.2, 0) is 32.6 Å².